The molecule has 1 rings (SSSR count). The Hall–Kier alpha value is -0.770. The Kier molecular flexibility index (Phi) is 4.42. The predicted octanol–water partition coefficient (Wildman–Crippen LogP) is 2.39. The molecule has 0 spiro atoms. The number of likely N-dealkylation sites (tertiary alicyclic amines) is 1. The van der Waals surface area contributed by atoms with E-state index in [0.717, 1.165) is 32.5 Å². The Bertz CT molecular complexity index is 269. The van der Waals surface area contributed by atoms with Gasteiger partial charge < -0.3 is 15.0 Å². The first-order valence-electron chi connectivity index (χ1n) is 6.49. The van der Waals surface area contributed by atoms with Crippen molar-refractivity contribution < 1.29 is 9.53 Å². The van der Waals surface area contributed by atoms with Gasteiger partial charge in [0, 0.05) is 18.6 Å². The zero-order valence-corrected chi connectivity index (χ0v) is 11.8. The van der Waals surface area contributed by atoms with Crippen molar-refractivity contribution in [3.8, 4) is 0 Å². The van der Waals surface area contributed by atoms with Gasteiger partial charge in [-0.3, -0.25) is 0 Å². The third kappa shape index (κ3) is 4.54. The molecular weight excluding hydrogens is 216 g/mol. The number of likely N-dealkylation sites (N-methyl/N-ethyl adjacent to an activating group) is 1. The van der Waals surface area contributed by atoms with Crippen molar-refractivity contribution in [2.75, 3.05) is 19.6 Å². The topological polar surface area (TPSA) is 41.6 Å². The predicted molar refractivity (Wildman–Crippen MR) is 69.1 cm³/mol. The SMILES string of the molecule is CCN[C@@]1(C)CCCN(C(=O)OC(C)(C)C)C1. The highest BCUT2D eigenvalue weighted by atomic mass is 16.6. The molecule has 1 aliphatic heterocycles. The van der Waals surface area contributed by atoms with E-state index in [1.165, 1.54) is 0 Å². The Morgan fingerprint density at radius 1 is 1.47 bits per heavy atom. The number of rotatable bonds is 2. The summed E-state index contributed by atoms with van der Waals surface area (Å²) >= 11 is 0. The van der Waals surface area contributed by atoms with Gasteiger partial charge in [-0.05, 0) is 47.1 Å². The van der Waals surface area contributed by atoms with Crippen LogP contribution in [-0.4, -0.2) is 41.8 Å². The number of hydrogen-bond acceptors (Lipinski definition) is 3. The second-order valence-corrected chi connectivity index (χ2v) is 6.10. The van der Waals surface area contributed by atoms with Crippen LogP contribution in [0.4, 0.5) is 4.79 Å². The summed E-state index contributed by atoms with van der Waals surface area (Å²) in [7, 11) is 0. The highest BCUT2D eigenvalue weighted by molar-refractivity contribution is 5.68. The fourth-order valence-electron chi connectivity index (χ4n) is 2.29. The Morgan fingerprint density at radius 2 is 2.12 bits per heavy atom. The van der Waals surface area contributed by atoms with Crippen LogP contribution in [0.15, 0.2) is 0 Å². The van der Waals surface area contributed by atoms with Crippen molar-refractivity contribution in [2.24, 2.45) is 0 Å². The van der Waals surface area contributed by atoms with Gasteiger partial charge in [-0.2, -0.15) is 0 Å². The van der Waals surface area contributed by atoms with Gasteiger partial charge in [0.2, 0.25) is 0 Å². The van der Waals surface area contributed by atoms with E-state index in [2.05, 4.69) is 19.2 Å². The molecule has 1 saturated heterocycles. The Morgan fingerprint density at radius 3 is 2.65 bits per heavy atom. The molecule has 1 amide bonds. The summed E-state index contributed by atoms with van der Waals surface area (Å²) in [6.45, 7) is 12.4. The molecular formula is C13H26N2O2. The van der Waals surface area contributed by atoms with Crippen molar-refractivity contribution >= 4 is 6.09 Å². The maximum absolute atomic E-state index is 12.0. The molecule has 1 heterocycles. The first-order valence-corrected chi connectivity index (χ1v) is 6.49. The van der Waals surface area contributed by atoms with Crippen molar-refractivity contribution in [2.45, 2.75) is 58.6 Å². The average Bonchev–Trinajstić information content (AvgIpc) is 2.14. The van der Waals surface area contributed by atoms with E-state index in [1.807, 2.05) is 25.7 Å². The molecule has 4 nitrogen and oxygen atoms in total. The van der Waals surface area contributed by atoms with E-state index in [9.17, 15) is 4.79 Å². The Balaban J connectivity index is 2.57. The standard InChI is InChI=1S/C13H26N2O2/c1-6-14-13(5)8-7-9-15(10-13)11(16)17-12(2,3)4/h14H,6-10H2,1-5H3/t13-/m0/s1. The molecule has 0 aromatic rings. The van der Waals surface area contributed by atoms with Gasteiger partial charge in [-0.1, -0.05) is 6.92 Å². The van der Waals surface area contributed by atoms with E-state index < -0.39 is 5.60 Å². The Labute approximate surface area is 105 Å². The zero-order chi connectivity index (χ0) is 13.1. The summed E-state index contributed by atoms with van der Waals surface area (Å²) in [6, 6.07) is 0. The quantitative estimate of drug-likeness (QED) is 0.808. The number of amides is 1. The van der Waals surface area contributed by atoms with Gasteiger partial charge in [0.1, 0.15) is 5.60 Å². The molecule has 1 N–H and O–H groups in total. The number of hydrogen-bond donors (Lipinski definition) is 1. The van der Waals surface area contributed by atoms with Crippen LogP contribution in [0.2, 0.25) is 0 Å². The molecule has 0 bridgehead atoms. The van der Waals surface area contributed by atoms with E-state index >= 15 is 0 Å². The van der Waals surface area contributed by atoms with Crippen LogP contribution in [0.3, 0.4) is 0 Å². The summed E-state index contributed by atoms with van der Waals surface area (Å²) in [5, 5.41) is 3.46. The molecule has 0 aromatic heterocycles. The maximum Gasteiger partial charge on any atom is 0.410 e. The van der Waals surface area contributed by atoms with Gasteiger partial charge in [-0.25, -0.2) is 4.79 Å². The van der Waals surface area contributed by atoms with Crippen LogP contribution < -0.4 is 5.32 Å². The molecule has 17 heavy (non-hydrogen) atoms. The molecule has 100 valence electrons. The van der Waals surface area contributed by atoms with Gasteiger partial charge in [0.15, 0.2) is 0 Å². The fourth-order valence-corrected chi connectivity index (χ4v) is 2.29. The molecule has 0 unspecified atom stereocenters. The van der Waals surface area contributed by atoms with E-state index in [0.29, 0.717) is 0 Å². The van der Waals surface area contributed by atoms with Gasteiger partial charge in [-0.15, -0.1) is 0 Å². The highest BCUT2D eigenvalue weighted by Crippen LogP contribution is 2.22. The first kappa shape index (κ1) is 14.3. The smallest absolute Gasteiger partial charge is 0.410 e. The molecule has 0 saturated carbocycles. The van der Waals surface area contributed by atoms with Crippen LogP contribution in [0, 0.1) is 0 Å². The number of piperidine rings is 1. The van der Waals surface area contributed by atoms with E-state index in [1.54, 1.807) is 0 Å². The molecule has 1 aliphatic rings. The van der Waals surface area contributed by atoms with E-state index in [-0.39, 0.29) is 11.6 Å². The minimum atomic E-state index is -0.414. The lowest BCUT2D eigenvalue weighted by molar-refractivity contribution is 0.0125. The lowest BCUT2D eigenvalue weighted by Crippen LogP contribution is -2.56. The third-order valence-electron chi connectivity index (χ3n) is 2.95. The molecule has 0 aliphatic carbocycles. The highest BCUT2D eigenvalue weighted by Gasteiger charge is 2.34. The second kappa shape index (κ2) is 5.25. The van der Waals surface area contributed by atoms with Crippen molar-refractivity contribution in [1.29, 1.82) is 0 Å². The van der Waals surface area contributed by atoms with Crippen molar-refractivity contribution in [1.82, 2.24) is 10.2 Å². The van der Waals surface area contributed by atoms with Crippen molar-refractivity contribution in [3.05, 3.63) is 0 Å². The van der Waals surface area contributed by atoms with Crippen LogP contribution in [0.25, 0.3) is 0 Å². The van der Waals surface area contributed by atoms with Gasteiger partial charge in [0.05, 0.1) is 0 Å². The number of carbonyl (C=O) groups excluding carboxylic acids is 1. The van der Waals surface area contributed by atoms with Gasteiger partial charge >= 0.3 is 6.09 Å². The maximum atomic E-state index is 12.0. The lowest BCUT2D eigenvalue weighted by Gasteiger charge is -2.41. The average molecular weight is 242 g/mol. The summed E-state index contributed by atoms with van der Waals surface area (Å²) < 4.78 is 5.41. The third-order valence-corrected chi connectivity index (χ3v) is 2.95. The molecule has 1 fully saturated rings. The van der Waals surface area contributed by atoms with Gasteiger partial charge in [0.25, 0.3) is 0 Å². The monoisotopic (exact) mass is 242 g/mol. The summed E-state index contributed by atoms with van der Waals surface area (Å²) in [5.74, 6) is 0. The molecule has 4 heteroatoms. The molecule has 0 aromatic carbocycles. The number of carbonyl (C=O) groups is 1. The minimum absolute atomic E-state index is 0.0317. The van der Waals surface area contributed by atoms with Crippen LogP contribution >= 0.6 is 0 Å². The van der Waals surface area contributed by atoms with Crippen LogP contribution in [-0.2, 0) is 4.74 Å². The minimum Gasteiger partial charge on any atom is -0.444 e. The van der Waals surface area contributed by atoms with E-state index in [4.69, 9.17) is 4.74 Å². The van der Waals surface area contributed by atoms with Crippen LogP contribution in [0.5, 0.6) is 0 Å². The second-order valence-electron chi connectivity index (χ2n) is 6.10. The zero-order valence-electron chi connectivity index (χ0n) is 11.8. The fraction of sp³-hybridized carbons (Fsp3) is 0.923. The summed E-state index contributed by atoms with van der Waals surface area (Å²) in [5.41, 5.74) is -0.382. The summed E-state index contributed by atoms with van der Waals surface area (Å²) in [4.78, 5) is 13.8. The summed E-state index contributed by atoms with van der Waals surface area (Å²) in [6.07, 6.45) is 1.95. The molecule has 0 radical (unpaired) electrons. The molecule has 1 atom stereocenters. The van der Waals surface area contributed by atoms with Crippen LogP contribution in [0.1, 0.15) is 47.5 Å². The first-order chi connectivity index (χ1) is 7.76. The number of ether oxygens (including phenoxy) is 1. The lowest BCUT2D eigenvalue weighted by atomic mass is 9.91. The van der Waals surface area contributed by atoms with Crippen molar-refractivity contribution in [3.63, 3.8) is 0 Å². The number of nitrogens with zero attached hydrogens (tertiary/aromatic N) is 1. The number of nitrogens with one attached hydrogen (secondary N) is 1. The normalized spacial score (nSPS) is 25.8. The largest absolute Gasteiger partial charge is 0.444 e.